The fraction of sp³-hybridized carbons (Fsp3) is 0.133. The molecule has 0 aliphatic carbocycles. The third-order valence-electron chi connectivity index (χ3n) is 3.56. The number of alkyl halides is 6. The Morgan fingerprint density at radius 2 is 1.70 bits per heavy atom. The molecule has 0 fully saturated rings. The van der Waals surface area contributed by atoms with Crippen molar-refractivity contribution in [3.8, 4) is 11.3 Å². The summed E-state index contributed by atoms with van der Waals surface area (Å²) in [5, 5.41) is 12.4. The van der Waals surface area contributed by atoms with E-state index in [2.05, 4.69) is 10.1 Å². The molecule has 0 saturated carbocycles. The summed E-state index contributed by atoms with van der Waals surface area (Å²) in [7, 11) is 0. The van der Waals surface area contributed by atoms with Crippen LogP contribution < -0.4 is 0 Å². The maximum absolute atomic E-state index is 13.7. The van der Waals surface area contributed by atoms with Crippen molar-refractivity contribution in [2.24, 2.45) is 0 Å². The number of fused-ring (bicyclic) bond motifs is 1. The van der Waals surface area contributed by atoms with Gasteiger partial charge in [0, 0.05) is 5.56 Å². The summed E-state index contributed by atoms with van der Waals surface area (Å²) < 4.78 is 91.7. The van der Waals surface area contributed by atoms with E-state index in [1.807, 2.05) is 0 Å². The summed E-state index contributed by atoms with van der Waals surface area (Å²) in [5.74, 6) is -3.32. The summed E-state index contributed by atoms with van der Waals surface area (Å²) in [6.45, 7) is 0. The first kappa shape index (κ1) is 18.6. The average molecular weight is 393 g/mol. The Bertz CT molecular complexity index is 1050. The lowest BCUT2D eigenvalue weighted by atomic mass is 10.1. The van der Waals surface area contributed by atoms with Gasteiger partial charge >= 0.3 is 18.3 Å². The quantitative estimate of drug-likeness (QED) is 0.661. The molecular formula is C15H6F7N3O2. The number of halogens is 7. The Morgan fingerprint density at radius 3 is 2.22 bits per heavy atom. The van der Waals surface area contributed by atoms with Crippen molar-refractivity contribution in [3.63, 3.8) is 0 Å². The molecule has 0 atom stereocenters. The normalized spacial score (nSPS) is 12.6. The van der Waals surface area contributed by atoms with Crippen LogP contribution >= 0.6 is 0 Å². The lowest BCUT2D eigenvalue weighted by molar-refractivity contribution is -0.142. The third-order valence-corrected chi connectivity index (χ3v) is 3.56. The predicted molar refractivity (Wildman–Crippen MR) is 75.3 cm³/mol. The lowest BCUT2D eigenvalue weighted by Crippen LogP contribution is -2.14. The lowest BCUT2D eigenvalue weighted by Gasteiger charge is -2.12. The number of carboxylic acids is 1. The van der Waals surface area contributed by atoms with Gasteiger partial charge in [-0.2, -0.15) is 31.4 Å². The maximum atomic E-state index is 13.7. The van der Waals surface area contributed by atoms with Gasteiger partial charge in [0.1, 0.15) is 11.4 Å². The monoisotopic (exact) mass is 393 g/mol. The minimum atomic E-state index is -4.99. The number of hydrogen-bond acceptors (Lipinski definition) is 3. The van der Waals surface area contributed by atoms with Gasteiger partial charge in [0.15, 0.2) is 11.3 Å². The molecule has 0 amide bonds. The zero-order chi connectivity index (χ0) is 20.1. The fourth-order valence-corrected chi connectivity index (χ4v) is 2.37. The Kier molecular flexibility index (Phi) is 4.08. The molecule has 142 valence electrons. The SMILES string of the molecule is O=C(O)c1cnn2c(C(F)(F)F)cc(-c3ccc(C(F)(F)F)c(F)c3)nc12. The van der Waals surface area contributed by atoms with Crippen LogP contribution in [0.15, 0.2) is 30.5 Å². The fourth-order valence-electron chi connectivity index (χ4n) is 2.37. The summed E-state index contributed by atoms with van der Waals surface area (Å²) in [6.07, 6.45) is -9.32. The number of carboxylic acid groups (broad SMARTS) is 1. The van der Waals surface area contributed by atoms with Gasteiger partial charge in [-0.15, -0.1) is 0 Å². The van der Waals surface area contributed by atoms with Crippen molar-refractivity contribution >= 4 is 11.6 Å². The van der Waals surface area contributed by atoms with Gasteiger partial charge in [-0.1, -0.05) is 6.07 Å². The van der Waals surface area contributed by atoms with Crippen molar-refractivity contribution in [1.29, 1.82) is 0 Å². The average Bonchev–Trinajstić information content (AvgIpc) is 2.95. The standard InChI is InChI=1S/C15H6F7N3O2/c16-9-3-6(1-2-8(9)14(17,18)19)10-4-11(15(20,21)22)25-12(24-10)7(5-23-25)13(26)27/h1-5H,(H,26,27). The van der Waals surface area contributed by atoms with E-state index in [0.717, 1.165) is 6.07 Å². The minimum Gasteiger partial charge on any atom is -0.477 e. The number of rotatable bonds is 2. The highest BCUT2D eigenvalue weighted by atomic mass is 19.4. The van der Waals surface area contributed by atoms with Crippen LogP contribution in [0.5, 0.6) is 0 Å². The maximum Gasteiger partial charge on any atom is 0.433 e. The number of aromatic carboxylic acids is 1. The molecule has 1 aromatic carbocycles. The van der Waals surface area contributed by atoms with Crippen LogP contribution in [0.4, 0.5) is 30.7 Å². The van der Waals surface area contributed by atoms with E-state index in [1.54, 1.807) is 0 Å². The molecule has 27 heavy (non-hydrogen) atoms. The predicted octanol–water partition coefficient (Wildman–Crippen LogP) is 4.27. The van der Waals surface area contributed by atoms with Crippen LogP contribution in [0.3, 0.4) is 0 Å². The molecule has 12 heteroatoms. The molecule has 1 N–H and O–H groups in total. The van der Waals surface area contributed by atoms with Crippen molar-refractivity contribution in [2.75, 3.05) is 0 Å². The highest BCUT2D eigenvalue weighted by Gasteiger charge is 2.37. The van der Waals surface area contributed by atoms with Crippen molar-refractivity contribution < 1.29 is 40.6 Å². The summed E-state index contributed by atoms with van der Waals surface area (Å²) in [5.41, 5.74) is -5.33. The van der Waals surface area contributed by atoms with Crippen LogP contribution in [-0.2, 0) is 12.4 Å². The molecular weight excluding hydrogens is 387 g/mol. The minimum absolute atomic E-state index is 0.243. The van der Waals surface area contributed by atoms with Gasteiger partial charge in [0.2, 0.25) is 0 Å². The molecule has 5 nitrogen and oxygen atoms in total. The van der Waals surface area contributed by atoms with Gasteiger partial charge in [0.25, 0.3) is 0 Å². The smallest absolute Gasteiger partial charge is 0.433 e. The summed E-state index contributed by atoms with van der Waals surface area (Å²) >= 11 is 0. The molecule has 0 aliphatic heterocycles. The summed E-state index contributed by atoms with van der Waals surface area (Å²) in [6, 6.07) is 1.91. The van der Waals surface area contributed by atoms with Crippen LogP contribution in [0.2, 0.25) is 0 Å². The van der Waals surface area contributed by atoms with Gasteiger partial charge in [-0.3, -0.25) is 0 Å². The van der Waals surface area contributed by atoms with Gasteiger partial charge in [-0.05, 0) is 18.2 Å². The number of carbonyl (C=O) groups is 1. The van der Waals surface area contributed by atoms with Crippen LogP contribution in [0.1, 0.15) is 21.6 Å². The van der Waals surface area contributed by atoms with E-state index in [9.17, 15) is 35.5 Å². The first-order valence-electron chi connectivity index (χ1n) is 6.96. The molecule has 0 spiro atoms. The van der Waals surface area contributed by atoms with Gasteiger partial charge < -0.3 is 5.11 Å². The Balaban J connectivity index is 2.27. The Morgan fingerprint density at radius 1 is 1.04 bits per heavy atom. The van der Waals surface area contributed by atoms with E-state index >= 15 is 0 Å². The number of hydrogen-bond donors (Lipinski definition) is 1. The highest BCUT2D eigenvalue weighted by Crippen LogP contribution is 2.35. The van der Waals surface area contributed by atoms with Crippen LogP contribution in [0, 0.1) is 5.82 Å². The Labute approximate surface area is 144 Å². The number of aromatic nitrogens is 3. The summed E-state index contributed by atoms with van der Waals surface area (Å²) in [4.78, 5) is 14.8. The third kappa shape index (κ3) is 3.29. The second kappa shape index (κ2) is 5.93. The van der Waals surface area contributed by atoms with E-state index in [1.165, 1.54) is 0 Å². The first-order chi connectivity index (χ1) is 12.4. The zero-order valence-corrected chi connectivity index (χ0v) is 12.7. The van der Waals surface area contributed by atoms with Crippen molar-refractivity contribution in [3.05, 3.63) is 53.1 Å². The molecule has 0 unspecified atom stereocenters. The largest absolute Gasteiger partial charge is 0.477 e. The molecule has 0 radical (unpaired) electrons. The van der Waals surface area contributed by atoms with Crippen molar-refractivity contribution in [1.82, 2.24) is 14.6 Å². The van der Waals surface area contributed by atoms with E-state index in [0.29, 0.717) is 24.4 Å². The van der Waals surface area contributed by atoms with Crippen LogP contribution in [0.25, 0.3) is 16.9 Å². The van der Waals surface area contributed by atoms with Gasteiger partial charge in [0.05, 0.1) is 17.5 Å². The van der Waals surface area contributed by atoms with E-state index in [4.69, 9.17) is 5.11 Å². The zero-order valence-electron chi connectivity index (χ0n) is 12.7. The second-order valence-corrected chi connectivity index (χ2v) is 5.32. The number of benzene rings is 1. The van der Waals surface area contributed by atoms with E-state index in [-0.39, 0.29) is 4.52 Å². The topological polar surface area (TPSA) is 67.5 Å². The molecule has 3 aromatic rings. The molecule has 3 rings (SSSR count). The highest BCUT2D eigenvalue weighted by molar-refractivity contribution is 5.94. The van der Waals surface area contributed by atoms with Crippen molar-refractivity contribution in [2.45, 2.75) is 12.4 Å². The molecule has 0 saturated heterocycles. The number of nitrogens with zero attached hydrogens (tertiary/aromatic N) is 3. The van der Waals surface area contributed by atoms with Crippen LogP contribution in [-0.4, -0.2) is 25.7 Å². The van der Waals surface area contributed by atoms with E-state index < -0.39 is 57.9 Å². The molecule has 0 bridgehead atoms. The Hall–Kier alpha value is -3.18. The van der Waals surface area contributed by atoms with Gasteiger partial charge in [-0.25, -0.2) is 18.7 Å². The molecule has 2 aromatic heterocycles. The molecule has 2 heterocycles. The first-order valence-corrected chi connectivity index (χ1v) is 6.96. The molecule has 0 aliphatic rings. The second-order valence-electron chi connectivity index (χ2n) is 5.32.